The van der Waals surface area contributed by atoms with E-state index in [0.29, 0.717) is 10.2 Å². The number of nitro benzene ring substituents is 1. The van der Waals surface area contributed by atoms with E-state index in [1.807, 2.05) is 13.0 Å². The smallest absolute Gasteiger partial charge is 0.270 e. The maximum Gasteiger partial charge on any atom is 0.270 e. The zero-order valence-electron chi connectivity index (χ0n) is 10.9. The van der Waals surface area contributed by atoms with Gasteiger partial charge in [-0.15, -0.1) is 0 Å². The first-order valence-electron chi connectivity index (χ1n) is 5.90. The number of rotatable bonds is 3. The summed E-state index contributed by atoms with van der Waals surface area (Å²) in [5.74, 6) is -1.57. The molecule has 21 heavy (non-hydrogen) atoms. The number of nitrogens with zero attached hydrogens (tertiary/aromatic N) is 1. The molecule has 0 saturated carbocycles. The van der Waals surface area contributed by atoms with Crippen molar-refractivity contribution in [2.75, 3.05) is 5.32 Å². The summed E-state index contributed by atoms with van der Waals surface area (Å²) in [6.45, 7) is 1.84. The van der Waals surface area contributed by atoms with Crippen LogP contribution in [0.4, 0.5) is 15.8 Å². The van der Waals surface area contributed by atoms with Crippen LogP contribution in [-0.2, 0) is 0 Å². The molecule has 0 heterocycles. The standard InChI is InChI=1S/C14H10BrFN2O3/c1-8-2-4-11(15)13(6-8)17-14(19)10-7-9(18(20)21)3-5-12(10)16/h2-7H,1H3,(H,17,19). The first kappa shape index (κ1) is 15.1. The number of nitrogens with one attached hydrogen (secondary N) is 1. The van der Waals surface area contributed by atoms with E-state index in [0.717, 1.165) is 23.8 Å². The van der Waals surface area contributed by atoms with E-state index in [1.165, 1.54) is 0 Å². The third-order valence-electron chi connectivity index (χ3n) is 2.78. The van der Waals surface area contributed by atoms with Crippen LogP contribution >= 0.6 is 15.9 Å². The van der Waals surface area contributed by atoms with Gasteiger partial charge in [0.2, 0.25) is 0 Å². The molecular formula is C14H10BrFN2O3. The van der Waals surface area contributed by atoms with Gasteiger partial charge >= 0.3 is 0 Å². The number of nitro groups is 1. The average Bonchev–Trinajstić information content (AvgIpc) is 2.43. The van der Waals surface area contributed by atoms with E-state index in [1.54, 1.807) is 12.1 Å². The number of halogens is 2. The third kappa shape index (κ3) is 3.43. The van der Waals surface area contributed by atoms with Gasteiger partial charge in [0.15, 0.2) is 0 Å². The molecule has 1 amide bonds. The van der Waals surface area contributed by atoms with Gasteiger partial charge in [-0.05, 0) is 46.6 Å². The molecule has 2 aromatic carbocycles. The number of non-ortho nitro benzene ring substituents is 1. The second-order valence-corrected chi connectivity index (χ2v) is 5.21. The normalized spacial score (nSPS) is 10.2. The average molecular weight is 353 g/mol. The summed E-state index contributed by atoms with van der Waals surface area (Å²) in [5.41, 5.74) is 0.654. The molecule has 0 bridgehead atoms. The number of benzene rings is 2. The Bertz CT molecular complexity index is 734. The van der Waals surface area contributed by atoms with Gasteiger partial charge in [0.1, 0.15) is 5.82 Å². The van der Waals surface area contributed by atoms with Gasteiger partial charge in [0.25, 0.3) is 11.6 Å². The van der Waals surface area contributed by atoms with Gasteiger partial charge < -0.3 is 5.32 Å². The van der Waals surface area contributed by atoms with Crippen molar-refractivity contribution in [2.24, 2.45) is 0 Å². The number of amides is 1. The fourth-order valence-electron chi connectivity index (χ4n) is 1.73. The summed E-state index contributed by atoms with van der Waals surface area (Å²) >= 11 is 3.27. The van der Waals surface area contributed by atoms with Gasteiger partial charge in [-0.1, -0.05) is 6.07 Å². The Morgan fingerprint density at radius 1 is 1.29 bits per heavy atom. The molecule has 0 spiro atoms. The second kappa shape index (κ2) is 6.01. The van der Waals surface area contributed by atoms with Crippen molar-refractivity contribution >= 4 is 33.2 Å². The number of anilines is 1. The van der Waals surface area contributed by atoms with E-state index in [4.69, 9.17) is 0 Å². The lowest BCUT2D eigenvalue weighted by molar-refractivity contribution is -0.384. The Balaban J connectivity index is 2.34. The van der Waals surface area contributed by atoms with Crippen LogP contribution < -0.4 is 5.32 Å². The molecule has 0 aliphatic rings. The molecule has 7 heteroatoms. The van der Waals surface area contributed by atoms with Crippen LogP contribution in [0.15, 0.2) is 40.9 Å². The van der Waals surface area contributed by atoms with Crippen LogP contribution in [0.2, 0.25) is 0 Å². The van der Waals surface area contributed by atoms with Crippen molar-refractivity contribution in [1.82, 2.24) is 0 Å². The molecule has 0 aromatic heterocycles. The van der Waals surface area contributed by atoms with E-state index in [2.05, 4.69) is 21.2 Å². The van der Waals surface area contributed by atoms with Crippen LogP contribution in [0, 0.1) is 22.9 Å². The summed E-state index contributed by atoms with van der Waals surface area (Å²) in [6.07, 6.45) is 0. The number of carbonyl (C=O) groups excluding carboxylic acids is 1. The summed E-state index contributed by atoms with van der Waals surface area (Å²) in [5, 5.41) is 13.2. The van der Waals surface area contributed by atoms with E-state index >= 15 is 0 Å². The Labute approximate surface area is 128 Å². The molecule has 0 saturated heterocycles. The maximum absolute atomic E-state index is 13.7. The van der Waals surface area contributed by atoms with Gasteiger partial charge in [0.05, 0.1) is 16.2 Å². The van der Waals surface area contributed by atoms with Crippen molar-refractivity contribution in [2.45, 2.75) is 6.92 Å². The fraction of sp³-hybridized carbons (Fsp3) is 0.0714. The highest BCUT2D eigenvalue weighted by atomic mass is 79.9. The topological polar surface area (TPSA) is 72.2 Å². The quantitative estimate of drug-likeness (QED) is 0.668. The largest absolute Gasteiger partial charge is 0.321 e. The molecule has 108 valence electrons. The van der Waals surface area contributed by atoms with Crippen LogP contribution in [0.3, 0.4) is 0 Å². The third-order valence-corrected chi connectivity index (χ3v) is 3.47. The van der Waals surface area contributed by atoms with Crippen LogP contribution in [0.5, 0.6) is 0 Å². The molecule has 1 N–H and O–H groups in total. The molecule has 0 aliphatic carbocycles. The van der Waals surface area contributed by atoms with Crippen molar-refractivity contribution in [1.29, 1.82) is 0 Å². The highest BCUT2D eigenvalue weighted by Gasteiger charge is 2.17. The Hall–Kier alpha value is -2.28. The van der Waals surface area contributed by atoms with Gasteiger partial charge in [-0.2, -0.15) is 0 Å². The Morgan fingerprint density at radius 3 is 2.67 bits per heavy atom. The zero-order chi connectivity index (χ0) is 15.6. The highest BCUT2D eigenvalue weighted by molar-refractivity contribution is 9.10. The summed E-state index contributed by atoms with van der Waals surface area (Å²) in [7, 11) is 0. The summed E-state index contributed by atoms with van der Waals surface area (Å²) in [4.78, 5) is 22.1. The Kier molecular flexibility index (Phi) is 4.32. The monoisotopic (exact) mass is 352 g/mol. The van der Waals surface area contributed by atoms with Crippen molar-refractivity contribution < 1.29 is 14.1 Å². The van der Waals surface area contributed by atoms with Crippen LogP contribution in [-0.4, -0.2) is 10.8 Å². The maximum atomic E-state index is 13.7. The molecule has 5 nitrogen and oxygen atoms in total. The minimum atomic E-state index is -0.818. The minimum Gasteiger partial charge on any atom is -0.321 e. The summed E-state index contributed by atoms with van der Waals surface area (Å²) < 4.78 is 14.3. The number of aryl methyl sites for hydroxylation is 1. The molecule has 2 aromatic rings. The van der Waals surface area contributed by atoms with Crippen molar-refractivity contribution in [3.63, 3.8) is 0 Å². The predicted octanol–water partition coefficient (Wildman–Crippen LogP) is 4.06. The lowest BCUT2D eigenvalue weighted by atomic mass is 10.1. The first-order chi connectivity index (χ1) is 9.88. The number of hydrogen-bond donors (Lipinski definition) is 1. The number of hydrogen-bond acceptors (Lipinski definition) is 3. The molecule has 2 rings (SSSR count). The first-order valence-corrected chi connectivity index (χ1v) is 6.69. The van der Waals surface area contributed by atoms with E-state index in [9.17, 15) is 19.3 Å². The fourth-order valence-corrected chi connectivity index (χ4v) is 2.07. The molecule has 0 aliphatic heterocycles. The molecule has 0 fully saturated rings. The van der Waals surface area contributed by atoms with Crippen LogP contribution in [0.25, 0.3) is 0 Å². The lowest BCUT2D eigenvalue weighted by Crippen LogP contribution is -2.14. The lowest BCUT2D eigenvalue weighted by Gasteiger charge is -2.09. The van der Waals surface area contributed by atoms with E-state index < -0.39 is 16.6 Å². The van der Waals surface area contributed by atoms with E-state index in [-0.39, 0.29) is 11.3 Å². The predicted molar refractivity (Wildman–Crippen MR) is 79.9 cm³/mol. The SMILES string of the molecule is Cc1ccc(Br)c(NC(=O)c2cc([N+](=O)[O-])ccc2F)c1. The highest BCUT2D eigenvalue weighted by Crippen LogP contribution is 2.25. The van der Waals surface area contributed by atoms with Crippen molar-refractivity contribution in [3.8, 4) is 0 Å². The second-order valence-electron chi connectivity index (χ2n) is 4.36. The molecule has 0 atom stereocenters. The van der Waals surface area contributed by atoms with Gasteiger partial charge in [-0.3, -0.25) is 14.9 Å². The molecular weight excluding hydrogens is 343 g/mol. The van der Waals surface area contributed by atoms with Gasteiger partial charge in [-0.25, -0.2) is 4.39 Å². The molecule has 0 radical (unpaired) electrons. The van der Waals surface area contributed by atoms with Crippen LogP contribution in [0.1, 0.15) is 15.9 Å². The molecule has 0 unspecified atom stereocenters. The summed E-state index contributed by atoms with van der Waals surface area (Å²) in [6, 6.07) is 8.11. The minimum absolute atomic E-state index is 0.343. The van der Waals surface area contributed by atoms with Gasteiger partial charge in [0, 0.05) is 16.6 Å². The zero-order valence-corrected chi connectivity index (χ0v) is 12.5. The Morgan fingerprint density at radius 2 is 2.00 bits per heavy atom. The van der Waals surface area contributed by atoms with Crippen molar-refractivity contribution in [3.05, 3.63) is 67.9 Å². The number of carbonyl (C=O) groups is 1.